The number of methoxy groups -OCH3 is 2. The Bertz CT molecular complexity index is 581. The van der Waals surface area contributed by atoms with Crippen LogP contribution in [0.3, 0.4) is 0 Å². The quantitative estimate of drug-likeness (QED) is 0.851. The van der Waals surface area contributed by atoms with Crippen LogP contribution in [0.15, 0.2) is 30.6 Å². The Morgan fingerprint density at radius 2 is 2.00 bits per heavy atom. The highest BCUT2D eigenvalue weighted by molar-refractivity contribution is 5.43. The van der Waals surface area contributed by atoms with E-state index in [1.165, 1.54) is 11.1 Å². The van der Waals surface area contributed by atoms with Crippen LogP contribution in [-0.2, 0) is 6.54 Å². The maximum Gasteiger partial charge on any atom is 0.161 e. The normalized spacial score (nSPS) is 12.2. The van der Waals surface area contributed by atoms with Crippen LogP contribution in [-0.4, -0.2) is 30.5 Å². The minimum absolute atomic E-state index is 0.237. The van der Waals surface area contributed by atoms with Crippen LogP contribution in [0.4, 0.5) is 0 Å². The van der Waals surface area contributed by atoms with E-state index in [0.717, 1.165) is 24.6 Å². The molecule has 2 aromatic rings. The summed E-state index contributed by atoms with van der Waals surface area (Å²) >= 11 is 0. The van der Waals surface area contributed by atoms with E-state index >= 15 is 0 Å². The van der Waals surface area contributed by atoms with Crippen LogP contribution >= 0.6 is 0 Å². The van der Waals surface area contributed by atoms with Crippen molar-refractivity contribution in [3.63, 3.8) is 0 Å². The maximum atomic E-state index is 5.34. The van der Waals surface area contributed by atoms with Gasteiger partial charge in [0.05, 0.1) is 27.0 Å². The molecule has 0 aliphatic rings. The molecule has 0 aliphatic carbocycles. The number of rotatable bonds is 7. The van der Waals surface area contributed by atoms with Gasteiger partial charge in [-0.3, -0.25) is 4.68 Å². The van der Waals surface area contributed by atoms with Gasteiger partial charge in [-0.2, -0.15) is 5.10 Å². The first-order chi connectivity index (χ1) is 10.1. The molecule has 2 rings (SSSR count). The third-order valence-electron chi connectivity index (χ3n) is 3.46. The molecule has 5 nitrogen and oxygen atoms in total. The maximum absolute atomic E-state index is 5.34. The van der Waals surface area contributed by atoms with E-state index in [4.69, 9.17) is 9.47 Å². The van der Waals surface area contributed by atoms with Gasteiger partial charge >= 0.3 is 0 Å². The second-order valence-electron chi connectivity index (χ2n) is 5.07. The van der Waals surface area contributed by atoms with Crippen molar-refractivity contribution in [1.29, 1.82) is 0 Å². The van der Waals surface area contributed by atoms with Crippen molar-refractivity contribution < 1.29 is 9.47 Å². The lowest BCUT2D eigenvalue weighted by Gasteiger charge is -2.16. The molecule has 21 heavy (non-hydrogen) atoms. The summed E-state index contributed by atoms with van der Waals surface area (Å²) in [5.41, 5.74) is 2.35. The van der Waals surface area contributed by atoms with E-state index in [1.54, 1.807) is 14.2 Å². The number of benzene rings is 1. The lowest BCUT2D eigenvalue weighted by Crippen LogP contribution is -2.23. The third-order valence-corrected chi connectivity index (χ3v) is 3.46. The van der Waals surface area contributed by atoms with Crippen LogP contribution in [0.2, 0.25) is 0 Å². The Hall–Kier alpha value is -2.01. The molecule has 5 heteroatoms. The van der Waals surface area contributed by atoms with Gasteiger partial charge in [0.2, 0.25) is 0 Å². The van der Waals surface area contributed by atoms with Crippen molar-refractivity contribution >= 4 is 0 Å². The standard InChI is InChI=1S/C16H23N3O2/c1-12-10-18-19(11-12)8-7-17-13(2)14-5-6-15(20-3)16(9-14)21-4/h5-6,9-11,13,17H,7-8H2,1-4H3. The average Bonchev–Trinajstić information content (AvgIpc) is 2.91. The van der Waals surface area contributed by atoms with E-state index in [-0.39, 0.29) is 6.04 Å². The number of hydrogen-bond donors (Lipinski definition) is 1. The molecule has 1 unspecified atom stereocenters. The largest absolute Gasteiger partial charge is 0.493 e. The molecular weight excluding hydrogens is 266 g/mol. The molecule has 1 atom stereocenters. The van der Waals surface area contributed by atoms with E-state index in [9.17, 15) is 0 Å². The fraction of sp³-hybridized carbons (Fsp3) is 0.438. The third kappa shape index (κ3) is 3.98. The minimum Gasteiger partial charge on any atom is -0.493 e. The molecule has 0 radical (unpaired) electrons. The number of nitrogens with zero attached hydrogens (tertiary/aromatic N) is 2. The molecule has 0 spiro atoms. The molecule has 0 saturated heterocycles. The first-order valence-corrected chi connectivity index (χ1v) is 7.08. The molecule has 0 aliphatic heterocycles. The van der Waals surface area contributed by atoms with Crippen LogP contribution in [0, 0.1) is 6.92 Å². The number of ether oxygens (including phenoxy) is 2. The predicted octanol–water partition coefficient (Wildman–Crippen LogP) is 2.56. The number of hydrogen-bond acceptors (Lipinski definition) is 4. The molecule has 114 valence electrons. The minimum atomic E-state index is 0.237. The van der Waals surface area contributed by atoms with E-state index in [1.807, 2.05) is 36.1 Å². The van der Waals surface area contributed by atoms with E-state index in [0.29, 0.717) is 0 Å². The molecule has 1 heterocycles. The molecule has 1 N–H and O–H groups in total. The highest BCUT2D eigenvalue weighted by atomic mass is 16.5. The predicted molar refractivity (Wildman–Crippen MR) is 82.9 cm³/mol. The van der Waals surface area contributed by atoms with Crippen LogP contribution in [0.5, 0.6) is 11.5 Å². The van der Waals surface area contributed by atoms with Crippen molar-refractivity contribution in [3.05, 3.63) is 41.7 Å². The van der Waals surface area contributed by atoms with E-state index < -0.39 is 0 Å². The zero-order chi connectivity index (χ0) is 15.2. The highest BCUT2D eigenvalue weighted by Crippen LogP contribution is 2.29. The fourth-order valence-corrected chi connectivity index (χ4v) is 2.22. The lowest BCUT2D eigenvalue weighted by molar-refractivity contribution is 0.354. The van der Waals surface area contributed by atoms with Gasteiger partial charge in [0.15, 0.2) is 11.5 Å². The smallest absolute Gasteiger partial charge is 0.161 e. The monoisotopic (exact) mass is 289 g/mol. The Balaban J connectivity index is 1.92. The van der Waals surface area contributed by atoms with Gasteiger partial charge in [-0.1, -0.05) is 6.07 Å². The summed E-state index contributed by atoms with van der Waals surface area (Å²) in [4.78, 5) is 0. The molecule has 0 bridgehead atoms. The van der Waals surface area contributed by atoms with Crippen molar-refractivity contribution in [2.45, 2.75) is 26.4 Å². The fourth-order valence-electron chi connectivity index (χ4n) is 2.22. The topological polar surface area (TPSA) is 48.3 Å². The van der Waals surface area contributed by atoms with Crippen molar-refractivity contribution in [2.75, 3.05) is 20.8 Å². The Morgan fingerprint density at radius 1 is 1.24 bits per heavy atom. The zero-order valence-electron chi connectivity index (χ0n) is 13.1. The molecular formula is C16H23N3O2. The second kappa shape index (κ2) is 7.13. The first-order valence-electron chi connectivity index (χ1n) is 7.08. The number of nitrogens with one attached hydrogen (secondary N) is 1. The summed E-state index contributed by atoms with van der Waals surface area (Å²) in [6.45, 7) is 5.89. The SMILES string of the molecule is COc1ccc(C(C)NCCn2cc(C)cn2)cc1OC. The van der Waals surface area contributed by atoms with E-state index in [2.05, 4.69) is 23.4 Å². The number of aromatic nitrogens is 2. The van der Waals surface area contributed by atoms with Crippen LogP contribution in [0.1, 0.15) is 24.1 Å². The van der Waals surface area contributed by atoms with Crippen molar-refractivity contribution in [2.24, 2.45) is 0 Å². The summed E-state index contributed by atoms with van der Waals surface area (Å²) in [6, 6.07) is 6.23. The Morgan fingerprint density at radius 3 is 2.62 bits per heavy atom. The summed E-state index contributed by atoms with van der Waals surface area (Å²) in [6.07, 6.45) is 3.92. The molecule has 0 saturated carbocycles. The second-order valence-corrected chi connectivity index (χ2v) is 5.07. The summed E-state index contributed by atoms with van der Waals surface area (Å²) in [7, 11) is 3.30. The Labute approximate surface area is 125 Å². The summed E-state index contributed by atoms with van der Waals surface area (Å²) < 4.78 is 12.5. The Kier molecular flexibility index (Phi) is 5.22. The molecule has 0 amide bonds. The van der Waals surface area contributed by atoms with Gasteiger partial charge in [0.25, 0.3) is 0 Å². The highest BCUT2D eigenvalue weighted by Gasteiger charge is 2.09. The van der Waals surface area contributed by atoms with Gasteiger partial charge in [-0.25, -0.2) is 0 Å². The first kappa shape index (κ1) is 15.4. The van der Waals surface area contributed by atoms with Gasteiger partial charge in [0, 0.05) is 18.8 Å². The molecule has 1 aromatic carbocycles. The molecule has 1 aromatic heterocycles. The summed E-state index contributed by atoms with van der Waals surface area (Å²) in [5, 5.41) is 7.76. The van der Waals surface area contributed by atoms with Crippen LogP contribution < -0.4 is 14.8 Å². The van der Waals surface area contributed by atoms with Gasteiger partial charge in [-0.15, -0.1) is 0 Å². The molecule has 0 fully saturated rings. The lowest BCUT2D eigenvalue weighted by atomic mass is 10.1. The van der Waals surface area contributed by atoms with Gasteiger partial charge < -0.3 is 14.8 Å². The van der Waals surface area contributed by atoms with Crippen molar-refractivity contribution in [1.82, 2.24) is 15.1 Å². The zero-order valence-corrected chi connectivity index (χ0v) is 13.1. The van der Waals surface area contributed by atoms with Gasteiger partial charge in [-0.05, 0) is 37.1 Å². The number of aryl methyl sites for hydroxylation is 1. The van der Waals surface area contributed by atoms with Crippen molar-refractivity contribution in [3.8, 4) is 11.5 Å². The van der Waals surface area contributed by atoms with Crippen LogP contribution in [0.25, 0.3) is 0 Å². The summed E-state index contributed by atoms with van der Waals surface area (Å²) in [5.74, 6) is 1.51. The average molecular weight is 289 g/mol. The van der Waals surface area contributed by atoms with Gasteiger partial charge in [0.1, 0.15) is 0 Å².